The van der Waals surface area contributed by atoms with Crippen LogP contribution in [0.3, 0.4) is 0 Å². The van der Waals surface area contributed by atoms with Crippen LogP contribution in [0.4, 0.5) is 11.4 Å². The minimum absolute atomic E-state index is 0.100. The van der Waals surface area contributed by atoms with E-state index >= 15 is 0 Å². The summed E-state index contributed by atoms with van der Waals surface area (Å²) >= 11 is 0. The minimum atomic E-state index is -0.100. The van der Waals surface area contributed by atoms with Crippen molar-refractivity contribution in [3.8, 4) is 0 Å². The molecule has 0 spiro atoms. The van der Waals surface area contributed by atoms with Crippen molar-refractivity contribution in [2.75, 3.05) is 16.8 Å². The first-order chi connectivity index (χ1) is 12.2. The lowest BCUT2D eigenvalue weighted by Gasteiger charge is -2.27. The Morgan fingerprint density at radius 1 is 0.920 bits per heavy atom. The molecular formula is C21H22N2O2. The summed E-state index contributed by atoms with van der Waals surface area (Å²) in [6.07, 6.45) is 5.94. The van der Waals surface area contributed by atoms with Gasteiger partial charge in [0.25, 0.3) is 5.91 Å². The Morgan fingerprint density at radius 2 is 1.80 bits per heavy atom. The summed E-state index contributed by atoms with van der Waals surface area (Å²) in [5, 5.41) is 2.97. The molecule has 0 bridgehead atoms. The molecule has 1 N–H and O–H groups in total. The van der Waals surface area contributed by atoms with Crippen molar-refractivity contribution in [3.63, 3.8) is 0 Å². The molecule has 1 heterocycles. The van der Waals surface area contributed by atoms with Crippen LogP contribution in [0, 0.1) is 0 Å². The Balaban J connectivity index is 1.51. The predicted octanol–water partition coefficient (Wildman–Crippen LogP) is 3.94. The molecular weight excluding hydrogens is 312 g/mol. The Morgan fingerprint density at radius 3 is 2.68 bits per heavy atom. The monoisotopic (exact) mass is 334 g/mol. The lowest BCUT2D eigenvalue weighted by atomic mass is 10.1. The first-order valence-corrected chi connectivity index (χ1v) is 9.04. The van der Waals surface area contributed by atoms with Crippen molar-refractivity contribution in [2.24, 2.45) is 0 Å². The molecule has 1 aliphatic heterocycles. The van der Waals surface area contributed by atoms with Crippen molar-refractivity contribution in [1.29, 1.82) is 0 Å². The van der Waals surface area contributed by atoms with Gasteiger partial charge in [-0.15, -0.1) is 0 Å². The molecule has 1 aliphatic carbocycles. The van der Waals surface area contributed by atoms with Crippen LogP contribution >= 0.6 is 0 Å². The van der Waals surface area contributed by atoms with E-state index in [-0.39, 0.29) is 11.8 Å². The van der Waals surface area contributed by atoms with Crippen LogP contribution in [-0.2, 0) is 17.6 Å². The highest BCUT2D eigenvalue weighted by Crippen LogP contribution is 2.25. The zero-order valence-corrected chi connectivity index (χ0v) is 14.3. The molecule has 0 aromatic heterocycles. The van der Waals surface area contributed by atoms with E-state index < -0.39 is 0 Å². The molecule has 0 radical (unpaired) electrons. The summed E-state index contributed by atoms with van der Waals surface area (Å²) in [5.41, 5.74) is 4.93. The Kier molecular flexibility index (Phi) is 4.26. The molecule has 1 fully saturated rings. The maximum Gasteiger partial charge on any atom is 0.255 e. The molecule has 2 aliphatic rings. The fourth-order valence-electron chi connectivity index (χ4n) is 3.75. The average molecular weight is 334 g/mol. The second-order valence-electron chi connectivity index (χ2n) is 6.84. The van der Waals surface area contributed by atoms with E-state index in [4.69, 9.17) is 0 Å². The standard InChI is InChI=1S/C21H22N2O2/c24-20-9-1-2-12-23(20)19-8-4-7-18(14-19)22-21(25)17-11-10-15-5-3-6-16(15)13-17/h4,7-8,10-11,13-14H,1-3,5-6,9,12H2,(H,22,25). The summed E-state index contributed by atoms with van der Waals surface area (Å²) in [6.45, 7) is 0.751. The quantitative estimate of drug-likeness (QED) is 0.924. The third kappa shape index (κ3) is 3.29. The van der Waals surface area contributed by atoms with E-state index in [1.54, 1.807) is 0 Å². The van der Waals surface area contributed by atoms with Crippen LogP contribution in [0.15, 0.2) is 42.5 Å². The van der Waals surface area contributed by atoms with Gasteiger partial charge in [0.05, 0.1) is 0 Å². The number of aryl methyl sites for hydroxylation is 2. The van der Waals surface area contributed by atoms with Crippen LogP contribution in [0.5, 0.6) is 0 Å². The zero-order valence-electron chi connectivity index (χ0n) is 14.3. The van der Waals surface area contributed by atoms with Crippen LogP contribution in [-0.4, -0.2) is 18.4 Å². The van der Waals surface area contributed by atoms with Crippen molar-refractivity contribution in [3.05, 3.63) is 59.2 Å². The van der Waals surface area contributed by atoms with Gasteiger partial charge in [0, 0.05) is 29.9 Å². The molecule has 2 aromatic carbocycles. The number of hydrogen-bond donors (Lipinski definition) is 1. The van der Waals surface area contributed by atoms with Gasteiger partial charge in [-0.2, -0.15) is 0 Å². The summed E-state index contributed by atoms with van der Waals surface area (Å²) in [6, 6.07) is 13.5. The van der Waals surface area contributed by atoms with Gasteiger partial charge in [0.15, 0.2) is 0 Å². The van der Waals surface area contributed by atoms with E-state index in [0.29, 0.717) is 12.0 Å². The van der Waals surface area contributed by atoms with E-state index in [9.17, 15) is 9.59 Å². The van der Waals surface area contributed by atoms with Crippen LogP contribution in [0.1, 0.15) is 47.2 Å². The van der Waals surface area contributed by atoms with Gasteiger partial charge >= 0.3 is 0 Å². The topological polar surface area (TPSA) is 49.4 Å². The highest BCUT2D eigenvalue weighted by Gasteiger charge is 2.20. The highest BCUT2D eigenvalue weighted by atomic mass is 16.2. The Hall–Kier alpha value is -2.62. The molecule has 128 valence electrons. The second kappa shape index (κ2) is 6.71. The zero-order chi connectivity index (χ0) is 17.2. The first kappa shape index (κ1) is 15.9. The number of nitrogens with zero attached hydrogens (tertiary/aromatic N) is 1. The van der Waals surface area contributed by atoms with Crippen molar-refractivity contribution in [2.45, 2.75) is 38.5 Å². The molecule has 4 heteroatoms. The van der Waals surface area contributed by atoms with Gasteiger partial charge in [0.1, 0.15) is 0 Å². The molecule has 1 saturated heterocycles. The highest BCUT2D eigenvalue weighted by molar-refractivity contribution is 6.05. The number of amides is 2. The van der Waals surface area contributed by atoms with Gasteiger partial charge in [-0.05, 0) is 73.6 Å². The van der Waals surface area contributed by atoms with Crippen LogP contribution < -0.4 is 10.2 Å². The van der Waals surface area contributed by atoms with Gasteiger partial charge in [-0.3, -0.25) is 9.59 Å². The van der Waals surface area contributed by atoms with Gasteiger partial charge in [0.2, 0.25) is 5.91 Å². The molecule has 25 heavy (non-hydrogen) atoms. The first-order valence-electron chi connectivity index (χ1n) is 9.04. The number of hydrogen-bond acceptors (Lipinski definition) is 2. The molecule has 0 atom stereocenters. The molecule has 0 unspecified atom stereocenters. The molecule has 4 rings (SSSR count). The van der Waals surface area contributed by atoms with Gasteiger partial charge < -0.3 is 10.2 Å². The summed E-state index contributed by atoms with van der Waals surface area (Å²) < 4.78 is 0. The number of anilines is 2. The Labute approximate surface area is 147 Å². The van der Waals surface area contributed by atoms with E-state index in [0.717, 1.165) is 43.6 Å². The van der Waals surface area contributed by atoms with Crippen LogP contribution in [0.25, 0.3) is 0 Å². The second-order valence-corrected chi connectivity index (χ2v) is 6.84. The SMILES string of the molecule is O=C(Nc1cccc(N2CCCCC2=O)c1)c1ccc2c(c1)CCC2. The molecule has 2 aromatic rings. The smallest absolute Gasteiger partial charge is 0.255 e. The van der Waals surface area contributed by atoms with Crippen molar-refractivity contribution < 1.29 is 9.59 Å². The number of fused-ring (bicyclic) bond motifs is 1. The number of carbonyl (C=O) groups excluding carboxylic acids is 2. The summed E-state index contributed by atoms with van der Waals surface area (Å²) in [4.78, 5) is 26.5. The fourth-order valence-corrected chi connectivity index (χ4v) is 3.75. The van der Waals surface area contributed by atoms with E-state index in [1.807, 2.05) is 41.3 Å². The third-order valence-electron chi connectivity index (χ3n) is 5.10. The molecule has 0 saturated carbocycles. The molecule has 4 nitrogen and oxygen atoms in total. The fraction of sp³-hybridized carbons (Fsp3) is 0.333. The number of piperidine rings is 1. The number of benzene rings is 2. The normalized spacial score (nSPS) is 16.6. The summed E-state index contributed by atoms with van der Waals surface area (Å²) in [5.74, 6) is 0.0603. The predicted molar refractivity (Wildman–Crippen MR) is 99.1 cm³/mol. The van der Waals surface area contributed by atoms with Gasteiger partial charge in [-0.25, -0.2) is 0 Å². The third-order valence-corrected chi connectivity index (χ3v) is 5.10. The number of rotatable bonds is 3. The lowest BCUT2D eigenvalue weighted by molar-refractivity contribution is -0.119. The number of carbonyl (C=O) groups is 2. The summed E-state index contributed by atoms with van der Waals surface area (Å²) in [7, 11) is 0. The maximum absolute atomic E-state index is 12.6. The van der Waals surface area contributed by atoms with E-state index in [2.05, 4.69) is 11.4 Å². The van der Waals surface area contributed by atoms with Gasteiger partial charge in [-0.1, -0.05) is 12.1 Å². The Bertz CT molecular complexity index is 828. The maximum atomic E-state index is 12.6. The lowest BCUT2D eigenvalue weighted by Crippen LogP contribution is -2.35. The molecule has 2 amide bonds. The van der Waals surface area contributed by atoms with E-state index in [1.165, 1.54) is 17.5 Å². The average Bonchev–Trinajstić information content (AvgIpc) is 3.10. The largest absolute Gasteiger partial charge is 0.322 e. The van der Waals surface area contributed by atoms with Crippen LogP contribution in [0.2, 0.25) is 0 Å². The van der Waals surface area contributed by atoms with Crippen molar-refractivity contribution in [1.82, 2.24) is 0 Å². The minimum Gasteiger partial charge on any atom is -0.322 e. The number of nitrogens with one attached hydrogen (secondary N) is 1. The van der Waals surface area contributed by atoms with Crippen molar-refractivity contribution >= 4 is 23.2 Å².